The number of hydrogen-bond donors (Lipinski definition) is 1. The van der Waals surface area contributed by atoms with Gasteiger partial charge in [0.1, 0.15) is 0 Å². The second-order valence-electron chi connectivity index (χ2n) is 7.17. The van der Waals surface area contributed by atoms with Crippen LogP contribution in [0, 0.1) is 6.92 Å². The number of H-pyrrole nitrogens is 1. The largest absolute Gasteiger partial charge is 0.472 e. The fourth-order valence-corrected chi connectivity index (χ4v) is 4.84. The molecule has 1 saturated heterocycles. The van der Waals surface area contributed by atoms with Crippen molar-refractivity contribution < 1.29 is 9.21 Å². The topological polar surface area (TPSA) is 65.4 Å². The summed E-state index contributed by atoms with van der Waals surface area (Å²) in [5, 5.41) is 7.38. The Labute approximate surface area is 162 Å². The lowest BCUT2D eigenvalue weighted by Crippen LogP contribution is -2.25. The maximum atomic E-state index is 12.8. The highest BCUT2D eigenvalue weighted by Gasteiger charge is 2.28. The molecule has 0 radical (unpaired) electrons. The van der Waals surface area contributed by atoms with Crippen molar-refractivity contribution in [3.05, 3.63) is 63.5 Å². The Kier molecular flexibility index (Phi) is 5.13. The van der Waals surface area contributed by atoms with E-state index < -0.39 is 0 Å². The van der Waals surface area contributed by atoms with Crippen molar-refractivity contribution in [1.82, 2.24) is 20.0 Å². The van der Waals surface area contributed by atoms with Gasteiger partial charge in [0, 0.05) is 42.3 Å². The third kappa shape index (κ3) is 3.99. The van der Waals surface area contributed by atoms with Gasteiger partial charge in [-0.1, -0.05) is 0 Å². The Morgan fingerprint density at radius 1 is 1.44 bits per heavy atom. The van der Waals surface area contributed by atoms with Crippen LogP contribution in [-0.2, 0) is 13.1 Å². The standard InChI is InChI=1S/C20H24N4O2S/c1-14-10-16(22-21-14)12-24-8-3-4-17(24)18-5-6-19(27-18)20(25)23(2)11-15-7-9-26-13-15/h5-7,9-10,13,17H,3-4,8,11-12H2,1-2H3,(H,21,22)/t17-/m1/s1. The Morgan fingerprint density at radius 3 is 3.07 bits per heavy atom. The fourth-order valence-electron chi connectivity index (χ4n) is 3.66. The molecule has 0 spiro atoms. The molecule has 4 heterocycles. The molecule has 0 bridgehead atoms. The van der Waals surface area contributed by atoms with Crippen LogP contribution in [0.3, 0.4) is 0 Å². The number of carbonyl (C=O) groups is 1. The average molecular weight is 385 g/mol. The van der Waals surface area contributed by atoms with Gasteiger partial charge in [-0.25, -0.2) is 0 Å². The van der Waals surface area contributed by atoms with Crippen molar-refractivity contribution in [2.24, 2.45) is 0 Å². The summed E-state index contributed by atoms with van der Waals surface area (Å²) in [6.07, 6.45) is 5.61. The van der Waals surface area contributed by atoms with Gasteiger partial charge in [-0.2, -0.15) is 5.10 Å². The van der Waals surface area contributed by atoms with Crippen LogP contribution >= 0.6 is 11.3 Å². The number of thiophene rings is 1. The Hall–Kier alpha value is -2.38. The smallest absolute Gasteiger partial charge is 0.263 e. The molecule has 0 unspecified atom stereocenters. The van der Waals surface area contributed by atoms with Gasteiger partial charge in [-0.3, -0.25) is 14.8 Å². The van der Waals surface area contributed by atoms with E-state index in [0.717, 1.165) is 41.3 Å². The minimum absolute atomic E-state index is 0.0555. The highest BCUT2D eigenvalue weighted by molar-refractivity contribution is 7.14. The summed E-state index contributed by atoms with van der Waals surface area (Å²) < 4.78 is 5.09. The molecule has 1 amide bonds. The number of amides is 1. The number of nitrogens with one attached hydrogen (secondary N) is 1. The van der Waals surface area contributed by atoms with E-state index in [9.17, 15) is 4.79 Å². The van der Waals surface area contributed by atoms with Gasteiger partial charge in [0.15, 0.2) is 0 Å². The maximum Gasteiger partial charge on any atom is 0.263 e. The van der Waals surface area contributed by atoms with Crippen LogP contribution in [0.1, 0.15) is 50.4 Å². The van der Waals surface area contributed by atoms with Gasteiger partial charge in [0.2, 0.25) is 0 Å². The molecule has 142 valence electrons. The second kappa shape index (κ2) is 7.70. The van der Waals surface area contributed by atoms with Crippen molar-refractivity contribution >= 4 is 17.2 Å². The molecular formula is C20H24N4O2S. The molecule has 1 atom stereocenters. The van der Waals surface area contributed by atoms with Crippen molar-refractivity contribution in [2.45, 2.75) is 38.9 Å². The molecule has 3 aromatic rings. The summed E-state index contributed by atoms with van der Waals surface area (Å²) in [7, 11) is 1.83. The lowest BCUT2D eigenvalue weighted by atomic mass is 10.2. The van der Waals surface area contributed by atoms with Crippen molar-refractivity contribution in [3.8, 4) is 0 Å². The normalized spacial score (nSPS) is 17.5. The number of furan rings is 1. The quantitative estimate of drug-likeness (QED) is 0.698. The summed E-state index contributed by atoms with van der Waals surface area (Å²) in [6.45, 7) is 4.49. The molecule has 27 heavy (non-hydrogen) atoms. The lowest BCUT2D eigenvalue weighted by molar-refractivity contribution is 0.0789. The molecule has 3 aromatic heterocycles. The molecule has 1 aliphatic heterocycles. The van der Waals surface area contributed by atoms with E-state index in [4.69, 9.17) is 4.42 Å². The van der Waals surface area contributed by atoms with E-state index in [-0.39, 0.29) is 5.91 Å². The molecular weight excluding hydrogens is 360 g/mol. The van der Waals surface area contributed by atoms with Gasteiger partial charge < -0.3 is 9.32 Å². The highest BCUT2D eigenvalue weighted by atomic mass is 32.1. The van der Waals surface area contributed by atoms with Crippen LogP contribution in [-0.4, -0.2) is 39.5 Å². The van der Waals surface area contributed by atoms with Crippen LogP contribution in [0.4, 0.5) is 0 Å². The first-order valence-electron chi connectivity index (χ1n) is 9.21. The maximum absolute atomic E-state index is 12.8. The summed E-state index contributed by atoms with van der Waals surface area (Å²) >= 11 is 1.61. The monoisotopic (exact) mass is 384 g/mol. The molecule has 0 saturated carbocycles. The predicted molar refractivity (Wildman–Crippen MR) is 105 cm³/mol. The molecule has 4 rings (SSSR count). The van der Waals surface area contributed by atoms with Gasteiger partial charge in [-0.15, -0.1) is 11.3 Å². The summed E-state index contributed by atoms with van der Waals surface area (Å²) in [5.74, 6) is 0.0555. The zero-order valence-electron chi connectivity index (χ0n) is 15.6. The molecule has 1 N–H and O–H groups in total. The van der Waals surface area contributed by atoms with Crippen LogP contribution in [0.25, 0.3) is 0 Å². The van der Waals surface area contributed by atoms with Gasteiger partial charge in [0.05, 0.1) is 23.1 Å². The van der Waals surface area contributed by atoms with Gasteiger partial charge in [-0.05, 0) is 50.6 Å². The SMILES string of the molecule is Cc1cc(CN2CCC[C@@H]2c2ccc(C(=O)N(C)Cc3ccoc3)s2)n[nH]1. The average Bonchev–Trinajstić information content (AvgIpc) is 3.42. The zero-order valence-corrected chi connectivity index (χ0v) is 16.5. The minimum Gasteiger partial charge on any atom is -0.472 e. The number of aromatic nitrogens is 2. The minimum atomic E-state index is 0.0555. The fraction of sp³-hybridized carbons (Fsp3) is 0.400. The Morgan fingerprint density at radius 2 is 2.33 bits per heavy atom. The predicted octanol–water partition coefficient (Wildman–Crippen LogP) is 3.98. The molecule has 0 aliphatic carbocycles. The lowest BCUT2D eigenvalue weighted by Gasteiger charge is -2.22. The van der Waals surface area contributed by atoms with E-state index in [2.05, 4.69) is 27.2 Å². The van der Waals surface area contributed by atoms with Crippen LogP contribution in [0.15, 0.2) is 41.2 Å². The number of likely N-dealkylation sites (tertiary alicyclic amines) is 1. The third-order valence-corrected chi connectivity index (χ3v) is 6.17. The number of aromatic amines is 1. The van der Waals surface area contributed by atoms with E-state index in [1.54, 1.807) is 28.8 Å². The van der Waals surface area contributed by atoms with E-state index in [0.29, 0.717) is 12.6 Å². The highest BCUT2D eigenvalue weighted by Crippen LogP contribution is 2.37. The Bertz CT molecular complexity index is 899. The number of nitrogens with zero attached hydrogens (tertiary/aromatic N) is 3. The number of hydrogen-bond acceptors (Lipinski definition) is 5. The summed E-state index contributed by atoms with van der Waals surface area (Å²) in [5.41, 5.74) is 3.16. The van der Waals surface area contributed by atoms with E-state index in [1.807, 2.05) is 26.1 Å². The number of aryl methyl sites for hydroxylation is 1. The zero-order chi connectivity index (χ0) is 18.8. The van der Waals surface area contributed by atoms with E-state index in [1.165, 1.54) is 11.3 Å². The number of rotatable bonds is 6. The van der Waals surface area contributed by atoms with Crippen molar-refractivity contribution in [3.63, 3.8) is 0 Å². The third-order valence-electron chi connectivity index (χ3n) is 5.00. The first-order valence-corrected chi connectivity index (χ1v) is 10.0. The second-order valence-corrected chi connectivity index (χ2v) is 8.28. The van der Waals surface area contributed by atoms with Gasteiger partial charge in [0.25, 0.3) is 5.91 Å². The first kappa shape index (κ1) is 18.0. The number of carbonyl (C=O) groups excluding carboxylic acids is 1. The molecule has 1 aliphatic rings. The summed E-state index contributed by atoms with van der Waals surface area (Å²) in [4.78, 5) is 19.0. The van der Waals surface area contributed by atoms with Gasteiger partial charge >= 0.3 is 0 Å². The van der Waals surface area contributed by atoms with Crippen molar-refractivity contribution in [1.29, 1.82) is 0 Å². The van der Waals surface area contributed by atoms with Crippen LogP contribution in [0.5, 0.6) is 0 Å². The Balaban J connectivity index is 1.43. The van der Waals surface area contributed by atoms with Crippen LogP contribution < -0.4 is 0 Å². The molecule has 6 nitrogen and oxygen atoms in total. The van der Waals surface area contributed by atoms with Crippen LogP contribution in [0.2, 0.25) is 0 Å². The summed E-state index contributed by atoms with van der Waals surface area (Å²) in [6, 6.07) is 8.43. The molecule has 0 aromatic carbocycles. The van der Waals surface area contributed by atoms with E-state index >= 15 is 0 Å². The van der Waals surface area contributed by atoms with Crippen molar-refractivity contribution in [2.75, 3.05) is 13.6 Å². The molecule has 1 fully saturated rings. The molecule has 7 heteroatoms. The first-order chi connectivity index (χ1) is 13.1.